The Hall–Kier alpha value is -4.32. The van der Waals surface area contributed by atoms with Crippen LogP contribution in [-0.2, 0) is 0 Å². The number of carbonyl (C=O) groups is 1. The van der Waals surface area contributed by atoms with Crippen LogP contribution in [0.15, 0.2) is 59.0 Å². The van der Waals surface area contributed by atoms with Crippen LogP contribution < -0.4 is 15.4 Å². The number of rotatable bonds is 6. The summed E-state index contributed by atoms with van der Waals surface area (Å²) in [4.78, 5) is 33.1. The summed E-state index contributed by atoms with van der Waals surface area (Å²) in [5.74, 6) is -0.294. The molecule has 0 spiro atoms. The fourth-order valence-corrected chi connectivity index (χ4v) is 2.81. The molecule has 1 heterocycles. The van der Waals surface area contributed by atoms with Crippen LogP contribution in [0.3, 0.4) is 0 Å². The first-order valence-electron chi connectivity index (χ1n) is 8.58. The Morgan fingerprint density at radius 1 is 1.03 bits per heavy atom. The molecule has 0 atom stereocenters. The van der Waals surface area contributed by atoms with E-state index >= 15 is 0 Å². The van der Waals surface area contributed by atoms with Gasteiger partial charge in [-0.3, -0.25) is 30.3 Å². The van der Waals surface area contributed by atoms with Gasteiger partial charge in [-0.1, -0.05) is 12.1 Å². The van der Waals surface area contributed by atoms with Crippen LogP contribution in [0.1, 0.15) is 10.6 Å². The van der Waals surface area contributed by atoms with E-state index in [1.165, 1.54) is 55.6 Å². The van der Waals surface area contributed by atoms with Crippen LogP contribution in [0.4, 0.5) is 17.1 Å². The topological polar surface area (TPSA) is 150 Å². The zero-order chi connectivity index (χ0) is 22.5. The lowest BCUT2D eigenvalue weighted by Crippen LogP contribution is -2.34. The lowest BCUT2D eigenvalue weighted by atomic mass is 10.1. The Labute approximate surface area is 179 Å². The van der Waals surface area contributed by atoms with Gasteiger partial charge in [0.1, 0.15) is 11.5 Å². The minimum Gasteiger partial charge on any atom is -0.494 e. The van der Waals surface area contributed by atoms with Crippen molar-refractivity contribution in [2.24, 2.45) is 0 Å². The number of thiocarbonyl (C=S) groups is 1. The summed E-state index contributed by atoms with van der Waals surface area (Å²) in [6.07, 6.45) is 0. The van der Waals surface area contributed by atoms with Gasteiger partial charge in [-0.05, 0) is 30.4 Å². The Morgan fingerprint density at radius 3 is 2.42 bits per heavy atom. The molecule has 0 saturated carbocycles. The fourth-order valence-electron chi connectivity index (χ4n) is 2.60. The molecule has 0 bridgehead atoms. The molecule has 2 N–H and O–H groups in total. The first-order valence-corrected chi connectivity index (χ1v) is 8.98. The molecule has 3 rings (SSSR count). The highest BCUT2D eigenvalue weighted by Gasteiger charge is 2.17. The molecule has 0 fully saturated rings. The first-order chi connectivity index (χ1) is 14.8. The van der Waals surface area contributed by atoms with E-state index in [0.717, 1.165) is 0 Å². The second kappa shape index (κ2) is 9.00. The summed E-state index contributed by atoms with van der Waals surface area (Å²) >= 11 is 5.10. The molecule has 0 radical (unpaired) electrons. The van der Waals surface area contributed by atoms with Crippen LogP contribution in [0.25, 0.3) is 11.3 Å². The van der Waals surface area contributed by atoms with Crippen molar-refractivity contribution < 1.29 is 23.8 Å². The number of hydrogen-bond donors (Lipinski definition) is 2. The maximum absolute atomic E-state index is 12.4. The summed E-state index contributed by atoms with van der Waals surface area (Å²) in [6, 6.07) is 12.6. The molecule has 0 aliphatic rings. The van der Waals surface area contributed by atoms with E-state index in [1.54, 1.807) is 6.07 Å². The number of nitrogens with zero attached hydrogens (tertiary/aromatic N) is 2. The highest BCUT2D eigenvalue weighted by molar-refractivity contribution is 7.80. The summed E-state index contributed by atoms with van der Waals surface area (Å²) in [7, 11) is 1.34. The van der Waals surface area contributed by atoms with Crippen LogP contribution in [0.5, 0.6) is 5.75 Å². The first kappa shape index (κ1) is 21.4. The fraction of sp³-hybridized carbons (Fsp3) is 0.0526. The standard InChI is InChI=1S/C19H14N4O7S/c1-29-17-10-13(23(27)28)5-6-14(17)20-19(31)21-18(24)16-8-7-15(30-16)11-3-2-4-12(9-11)22(25)26/h2-10H,1H3,(H2,20,21,24,31). The number of methoxy groups -OCH3 is 1. The van der Waals surface area contributed by atoms with Gasteiger partial charge >= 0.3 is 0 Å². The smallest absolute Gasteiger partial charge is 0.293 e. The second-order valence-corrected chi connectivity index (χ2v) is 6.43. The van der Waals surface area contributed by atoms with E-state index in [2.05, 4.69) is 10.6 Å². The van der Waals surface area contributed by atoms with Crippen LogP contribution in [0, 0.1) is 20.2 Å². The number of amides is 1. The van der Waals surface area contributed by atoms with Crippen molar-refractivity contribution in [2.75, 3.05) is 12.4 Å². The van der Waals surface area contributed by atoms with Crippen LogP contribution >= 0.6 is 12.2 Å². The van der Waals surface area contributed by atoms with Gasteiger partial charge in [0.05, 0.1) is 28.7 Å². The number of ether oxygens (including phenoxy) is 1. The average Bonchev–Trinajstić information content (AvgIpc) is 3.24. The third-order valence-corrected chi connectivity index (χ3v) is 4.25. The highest BCUT2D eigenvalue weighted by Crippen LogP contribution is 2.29. The number of nitro benzene ring substituents is 2. The van der Waals surface area contributed by atoms with E-state index in [9.17, 15) is 25.0 Å². The van der Waals surface area contributed by atoms with Crippen molar-refractivity contribution in [1.29, 1.82) is 0 Å². The van der Waals surface area contributed by atoms with Crippen LogP contribution in [0.2, 0.25) is 0 Å². The molecular weight excluding hydrogens is 428 g/mol. The molecule has 0 aliphatic heterocycles. The summed E-state index contributed by atoms with van der Waals surface area (Å²) < 4.78 is 10.6. The second-order valence-electron chi connectivity index (χ2n) is 6.02. The normalized spacial score (nSPS) is 10.2. The van der Waals surface area contributed by atoms with Crippen molar-refractivity contribution in [3.63, 3.8) is 0 Å². The SMILES string of the molecule is COc1cc([N+](=O)[O-])ccc1NC(=S)NC(=O)c1ccc(-c2cccc([N+](=O)[O-])c2)o1. The number of anilines is 1. The summed E-state index contributed by atoms with van der Waals surface area (Å²) in [6.45, 7) is 0. The van der Waals surface area contributed by atoms with Gasteiger partial charge in [0.2, 0.25) is 0 Å². The van der Waals surface area contributed by atoms with Crippen molar-refractivity contribution in [2.45, 2.75) is 0 Å². The van der Waals surface area contributed by atoms with Crippen molar-refractivity contribution in [3.8, 4) is 17.1 Å². The van der Waals surface area contributed by atoms with Gasteiger partial charge < -0.3 is 14.5 Å². The quantitative estimate of drug-likeness (QED) is 0.329. The molecule has 1 aromatic heterocycles. The van der Waals surface area contributed by atoms with Gasteiger partial charge in [-0.25, -0.2) is 0 Å². The van der Waals surface area contributed by atoms with Gasteiger partial charge in [0.25, 0.3) is 17.3 Å². The number of carbonyl (C=O) groups excluding carboxylic acids is 1. The maximum atomic E-state index is 12.4. The van der Waals surface area contributed by atoms with E-state index < -0.39 is 15.8 Å². The number of nitro groups is 2. The van der Waals surface area contributed by atoms with Crippen molar-refractivity contribution >= 4 is 40.3 Å². The summed E-state index contributed by atoms with van der Waals surface area (Å²) in [5, 5.41) is 26.8. The molecule has 158 valence electrons. The predicted octanol–water partition coefficient (Wildman–Crippen LogP) is 3.90. The molecule has 3 aromatic rings. The minimum atomic E-state index is -0.657. The van der Waals surface area contributed by atoms with E-state index in [-0.39, 0.29) is 33.8 Å². The number of non-ortho nitro benzene ring substituents is 2. The van der Waals surface area contributed by atoms with Crippen LogP contribution in [-0.4, -0.2) is 28.0 Å². The van der Waals surface area contributed by atoms with E-state index in [4.69, 9.17) is 21.4 Å². The third-order valence-electron chi connectivity index (χ3n) is 4.04. The Kier molecular flexibility index (Phi) is 6.21. The van der Waals surface area contributed by atoms with Gasteiger partial charge in [-0.15, -0.1) is 0 Å². The van der Waals surface area contributed by atoms with Crippen molar-refractivity contribution in [1.82, 2.24) is 5.32 Å². The van der Waals surface area contributed by atoms with Gasteiger partial charge in [-0.2, -0.15) is 0 Å². The molecule has 0 aliphatic carbocycles. The van der Waals surface area contributed by atoms with Gasteiger partial charge in [0.15, 0.2) is 10.9 Å². The minimum absolute atomic E-state index is 0.0682. The van der Waals surface area contributed by atoms with Gasteiger partial charge in [0, 0.05) is 23.8 Å². The lowest BCUT2D eigenvalue weighted by Gasteiger charge is -2.12. The molecular formula is C19H14N4O7S. The Morgan fingerprint density at radius 2 is 1.74 bits per heavy atom. The molecule has 12 heteroatoms. The zero-order valence-corrected chi connectivity index (χ0v) is 16.7. The molecule has 0 saturated heterocycles. The lowest BCUT2D eigenvalue weighted by molar-refractivity contribution is -0.385. The number of benzene rings is 2. The Balaban J connectivity index is 1.70. The molecule has 0 unspecified atom stereocenters. The highest BCUT2D eigenvalue weighted by atomic mass is 32.1. The largest absolute Gasteiger partial charge is 0.494 e. The molecule has 2 aromatic carbocycles. The zero-order valence-electron chi connectivity index (χ0n) is 15.9. The predicted molar refractivity (Wildman–Crippen MR) is 114 cm³/mol. The van der Waals surface area contributed by atoms with E-state index in [0.29, 0.717) is 11.3 Å². The third kappa shape index (κ3) is 5.00. The average molecular weight is 442 g/mol. The summed E-state index contributed by atoms with van der Waals surface area (Å²) in [5.41, 5.74) is 0.476. The molecule has 31 heavy (non-hydrogen) atoms. The number of nitrogens with one attached hydrogen (secondary N) is 2. The number of hydrogen-bond acceptors (Lipinski definition) is 8. The molecule has 1 amide bonds. The Bertz CT molecular complexity index is 1190. The molecule has 11 nitrogen and oxygen atoms in total. The maximum Gasteiger partial charge on any atom is 0.293 e. The van der Waals surface area contributed by atoms with E-state index in [1.807, 2.05) is 0 Å². The van der Waals surface area contributed by atoms with Crippen molar-refractivity contribution in [3.05, 3.63) is 80.6 Å². The number of furan rings is 1. The monoisotopic (exact) mass is 442 g/mol.